The van der Waals surface area contributed by atoms with Crippen molar-refractivity contribution in [1.29, 1.82) is 0 Å². The van der Waals surface area contributed by atoms with Crippen LogP contribution in [-0.4, -0.2) is 21.6 Å². The molecule has 0 amide bonds. The molecule has 0 unspecified atom stereocenters. The van der Waals surface area contributed by atoms with Crippen LogP contribution in [0.3, 0.4) is 0 Å². The minimum absolute atomic E-state index is 0.0347. The molecule has 2 N–H and O–H groups in total. The van der Waals surface area contributed by atoms with Crippen molar-refractivity contribution in [3.05, 3.63) is 76.7 Å². The second-order valence-corrected chi connectivity index (χ2v) is 6.75. The van der Waals surface area contributed by atoms with Crippen LogP contribution in [0.1, 0.15) is 24.2 Å². The fourth-order valence-corrected chi connectivity index (χ4v) is 3.36. The fourth-order valence-electron chi connectivity index (χ4n) is 3.36. The molecule has 0 fully saturated rings. The summed E-state index contributed by atoms with van der Waals surface area (Å²) in [6, 6.07) is 16.1. The highest BCUT2D eigenvalue weighted by Gasteiger charge is 2.23. The maximum atomic E-state index is 13.3. The zero-order chi connectivity index (χ0) is 19.8. The van der Waals surface area contributed by atoms with Gasteiger partial charge >= 0.3 is 5.97 Å². The average molecular weight is 373 g/mol. The van der Waals surface area contributed by atoms with Gasteiger partial charge in [-0.05, 0) is 32.0 Å². The van der Waals surface area contributed by atoms with Crippen LogP contribution >= 0.6 is 0 Å². The molecule has 0 aliphatic carbocycles. The molecule has 28 heavy (non-hydrogen) atoms. The van der Waals surface area contributed by atoms with Gasteiger partial charge in [-0.25, -0.2) is 4.79 Å². The molecule has 0 radical (unpaired) electrons. The Morgan fingerprint density at radius 1 is 1.04 bits per heavy atom. The minimum atomic E-state index is -0.564. The lowest BCUT2D eigenvalue weighted by atomic mass is 10.1. The van der Waals surface area contributed by atoms with E-state index in [2.05, 4.69) is 4.98 Å². The smallest absolute Gasteiger partial charge is 0.342 e. The number of nitrogens with zero attached hydrogens (tertiary/aromatic N) is 2. The van der Waals surface area contributed by atoms with Gasteiger partial charge in [0, 0.05) is 22.4 Å². The van der Waals surface area contributed by atoms with Gasteiger partial charge < -0.3 is 10.5 Å². The number of rotatable bonds is 3. The van der Waals surface area contributed by atoms with E-state index in [4.69, 9.17) is 10.5 Å². The molecule has 140 valence electrons. The molecule has 0 aliphatic heterocycles. The average Bonchev–Trinajstić information content (AvgIpc) is 2.68. The van der Waals surface area contributed by atoms with Crippen molar-refractivity contribution in [1.82, 2.24) is 9.55 Å². The first-order valence-electron chi connectivity index (χ1n) is 8.97. The zero-order valence-corrected chi connectivity index (χ0v) is 15.5. The number of ether oxygens (including phenoxy) is 1. The van der Waals surface area contributed by atoms with Gasteiger partial charge in [0.1, 0.15) is 11.4 Å². The van der Waals surface area contributed by atoms with Gasteiger partial charge in [-0.15, -0.1) is 0 Å². The van der Waals surface area contributed by atoms with Crippen LogP contribution in [0.4, 0.5) is 5.82 Å². The summed E-state index contributed by atoms with van der Waals surface area (Å²) in [4.78, 5) is 30.5. The quantitative estimate of drug-likeness (QED) is 0.554. The summed E-state index contributed by atoms with van der Waals surface area (Å²) in [5.41, 5.74) is 7.39. The Bertz CT molecular complexity index is 1270. The van der Waals surface area contributed by atoms with E-state index in [1.54, 1.807) is 50.4 Å². The number of hydrogen-bond donors (Lipinski definition) is 1. The lowest BCUT2D eigenvalue weighted by molar-refractivity contribution is 0.0381. The van der Waals surface area contributed by atoms with E-state index in [9.17, 15) is 9.59 Å². The third-order valence-corrected chi connectivity index (χ3v) is 4.53. The van der Waals surface area contributed by atoms with Crippen LogP contribution in [0.2, 0.25) is 0 Å². The van der Waals surface area contributed by atoms with E-state index >= 15 is 0 Å². The highest BCUT2D eigenvalue weighted by Crippen LogP contribution is 2.28. The zero-order valence-electron chi connectivity index (χ0n) is 15.5. The molecule has 2 aromatic carbocycles. The molecule has 2 aromatic heterocycles. The first-order chi connectivity index (χ1) is 13.5. The third-order valence-electron chi connectivity index (χ3n) is 4.53. The number of nitrogen functional groups attached to an aromatic ring is 1. The predicted octanol–water partition coefficient (Wildman–Crippen LogP) is 3.69. The van der Waals surface area contributed by atoms with E-state index in [0.717, 1.165) is 5.39 Å². The van der Waals surface area contributed by atoms with Crippen LogP contribution in [-0.2, 0) is 4.74 Å². The van der Waals surface area contributed by atoms with Crippen molar-refractivity contribution in [2.24, 2.45) is 0 Å². The molecule has 0 bridgehead atoms. The van der Waals surface area contributed by atoms with E-state index in [1.807, 2.05) is 24.3 Å². The lowest BCUT2D eigenvalue weighted by Crippen LogP contribution is -2.26. The summed E-state index contributed by atoms with van der Waals surface area (Å²) in [6.45, 7) is 3.53. The van der Waals surface area contributed by atoms with Crippen molar-refractivity contribution >= 4 is 33.5 Å². The summed E-state index contributed by atoms with van der Waals surface area (Å²) < 4.78 is 6.74. The monoisotopic (exact) mass is 373 g/mol. The molecule has 0 aliphatic rings. The minimum Gasteiger partial charge on any atom is -0.459 e. The first kappa shape index (κ1) is 17.7. The Hall–Kier alpha value is -3.67. The van der Waals surface area contributed by atoms with Gasteiger partial charge in [-0.2, -0.15) is 0 Å². The van der Waals surface area contributed by atoms with Crippen LogP contribution < -0.4 is 11.3 Å². The van der Waals surface area contributed by atoms with Crippen LogP contribution in [0.25, 0.3) is 27.4 Å². The second kappa shape index (κ2) is 6.81. The number of hydrogen-bond acceptors (Lipinski definition) is 5. The highest BCUT2D eigenvalue weighted by atomic mass is 16.5. The van der Waals surface area contributed by atoms with Crippen LogP contribution in [0, 0.1) is 0 Å². The number of carbonyl (C=O) groups excluding carboxylic acids is 1. The number of aromatic nitrogens is 2. The Morgan fingerprint density at radius 2 is 1.75 bits per heavy atom. The number of esters is 1. The summed E-state index contributed by atoms with van der Waals surface area (Å²) in [5, 5.41) is 1.73. The molecular formula is C22H19N3O3. The predicted molar refractivity (Wildman–Crippen MR) is 110 cm³/mol. The highest BCUT2D eigenvalue weighted by molar-refractivity contribution is 6.08. The van der Waals surface area contributed by atoms with Gasteiger partial charge in [-0.1, -0.05) is 36.4 Å². The first-order valence-corrected chi connectivity index (χ1v) is 8.97. The van der Waals surface area contributed by atoms with Gasteiger partial charge in [0.2, 0.25) is 0 Å². The van der Waals surface area contributed by atoms with Gasteiger partial charge in [0.15, 0.2) is 0 Å². The van der Waals surface area contributed by atoms with Crippen LogP contribution in [0.5, 0.6) is 0 Å². The maximum absolute atomic E-state index is 13.3. The van der Waals surface area contributed by atoms with Crippen molar-refractivity contribution in [2.75, 3.05) is 5.73 Å². The number of para-hydroxylation sites is 1. The van der Waals surface area contributed by atoms with E-state index < -0.39 is 5.97 Å². The van der Waals surface area contributed by atoms with E-state index in [-0.39, 0.29) is 23.0 Å². The summed E-state index contributed by atoms with van der Waals surface area (Å²) >= 11 is 0. The molecule has 4 rings (SSSR count). The molecule has 6 nitrogen and oxygen atoms in total. The Balaban J connectivity index is 2.13. The summed E-state index contributed by atoms with van der Waals surface area (Å²) in [5.74, 6) is -0.529. The molecule has 4 aromatic rings. The number of pyridine rings is 2. The number of fused-ring (bicyclic) bond motifs is 2. The van der Waals surface area contributed by atoms with Crippen molar-refractivity contribution in [3.8, 4) is 5.69 Å². The summed E-state index contributed by atoms with van der Waals surface area (Å²) in [6.07, 6.45) is 1.34. The Morgan fingerprint density at radius 3 is 2.50 bits per heavy atom. The topological polar surface area (TPSA) is 87.2 Å². The standard InChI is InChI=1S/C22H19N3O3/c1-13(2)28-22(27)18-15-9-3-4-10-16(15)21(26)25(20(18)23)17-11-5-7-14-8-6-12-24-19(14)17/h3-13H,23H2,1-2H3. The van der Waals surface area contributed by atoms with Gasteiger partial charge in [-0.3, -0.25) is 14.3 Å². The van der Waals surface area contributed by atoms with E-state index in [0.29, 0.717) is 22.0 Å². The molecule has 0 saturated carbocycles. The van der Waals surface area contributed by atoms with E-state index in [1.165, 1.54) is 4.57 Å². The number of carbonyl (C=O) groups is 1. The van der Waals surface area contributed by atoms with Crippen molar-refractivity contribution in [3.63, 3.8) is 0 Å². The normalized spacial score (nSPS) is 11.2. The Kier molecular flexibility index (Phi) is 4.31. The Labute approximate surface area is 161 Å². The molecule has 2 heterocycles. The molecule has 0 spiro atoms. The largest absolute Gasteiger partial charge is 0.459 e. The maximum Gasteiger partial charge on any atom is 0.342 e. The second-order valence-electron chi connectivity index (χ2n) is 6.75. The third kappa shape index (κ3) is 2.79. The molecule has 0 saturated heterocycles. The van der Waals surface area contributed by atoms with Crippen molar-refractivity contribution in [2.45, 2.75) is 20.0 Å². The SMILES string of the molecule is CC(C)OC(=O)c1c(N)n(-c2cccc3cccnc23)c(=O)c2ccccc12. The van der Waals surface area contributed by atoms with Gasteiger partial charge in [0.25, 0.3) is 5.56 Å². The lowest BCUT2D eigenvalue weighted by Gasteiger charge is -2.18. The molecule has 6 heteroatoms. The van der Waals surface area contributed by atoms with Crippen LogP contribution in [0.15, 0.2) is 65.6 Å². The summed E-state index contributed by atoms with van der Waals surface area (Å²) in [7, 11) is 0. The number of nitrogens with two attached hydrogens (primary N) is 1. The molecule has 0 atom stereocenters. The number of benzene rings is 2. The number of anilines is 1. The molecular weight excluding hydrogens is 354 g/mol. The fraction of sp³-hybridized carbons (Fsp3) is 0.136. The van der Waals surface area contributed by atoms with Crippen molar-refractivity contribution < 1.29 is 9.53 Å². The van der Waals surface area contributed by atoms with Gasteiger partial charge in [0.05, 0.1) is 17.3 Å².